The average molecular weight is 248 g/mol. The molecule has 0 aliphatic heterocycles. The van der Waals surface area contributed by atoms with E-state index in [0.29, 0.717) is 5.65 Å². The van der Waals surface area contributed by atoms with E-state index in [9.17, 15) is 9.59 Å². The maximum absolute atomic E-state index is 11.5. The highest BCUT2D eigenvalue weighted by Crippen LogP contribution is 2.07. The third-order valence-corrected chi connectivity index (χ3v) is 2.18. The largest absolute Gasteiger partial charge is 0.466 e. The first-order valence-corrected chi connectivity index (χ1v) is 5.46. The summed E-state index contributed by atoms with van der Waals surface area (Å²) in [6.07, 6.45) is 1.38. The zero-order chi connectivity index (χ0) is 13.0. The minimum Gasteiger partial charge on any atom is -0.466 e. The molecular weight excluding hydrogens is 236 g/mol. The Kier molecular flexibility index (Phi) is 3.52. The molecule has 0 atom stereocenters. The van der Waals surface area contributed by atoms with Crippen LogP contribution in [0.5, 0.6) is 0 Å². The Labute approximate surface area is 103 Å². The van der Waals surface area contributed by atoms with E-state index < -0.39 is 11.9 Å². The number of ether oxygens (including phenoxy) is 1. The number of carbonyl (C=O) groups is 2. The molecule has 0 saturated carbocycles. The second-order valence-corrected chi connectivity index (χ2v) is 3.48. The molecule has 0 unspecified atom stereocenters. The van der Waals surface area contributed by atoms with Crippen LogP contribution in [0.2, 0.25) is 0 Å². The SMILES string of the molecule is CCOC(=O)CC(=O)Nc1nnc2ccccn12. The molecule has 2 aromatic rings. The van der Waals surface area contributed by atoms with Crippen LogP contribution in [0.15, 0.2) is 24.4 Å². The number of anilines is 1. The molecule has 1 amide bonds. The number of carbonyl (C=O) groups excluding carboxylic acids is 2. The van der Waals surface area contributed by atoms with E-state index >= 15 is 0 Å². The smallest absolute Gasteiger partial charge is 0.315 e. The van der Waals surface area contributed by atoms with E-state index in [0.717, 1.165) is 0 Å². The lowest BCUT2D eigenvalue weighted by Crippen LogP contribution is -2.19. The molecule has 1 N–H and O–H groups in total. The van der Waals surface area contributed by atoms with Crippen molar-refractivity contribution in [2.24, 2.45) is 0 Å². The number of nitrogens with one attached hydrogen (secondary N) is 1. The lowest BCUT2D eigenvalue weighted by atomic mass is 10.4. The lowest BCUT2D eigenvalue weighted by Gasteiger charge is -2.03. The van der Waals surface area contributed by atoms with E-state index in [2.05, 4.69) is 20.3 Å². The Hall–Kier alpha value is -2.44. The van der Waals surface area contributed by atoms with Gasteiger partial charge in [0.2, 0.25) is 11.9 Å². The summed E-state index contributed by atoms with van der Waals surface area (Å²) < 4.78 is 6.29. The Morgan fingerprint density at radius 1 is 1.39 bits per heavy atom. The van der Waals surface area contributed by atoms with Gasteiger partial charge in [0.1, 0.15) is 6.42 Å². The van der Waals surface area contributed by atoms with Gasteiger partial charge in [-0.25, -0.2) is 0 Å². The number of hydrogen-bond donors (Lipinski definition) is 1. The molecule has 94 valence electrons. The fraction of sp³-hybridized carbons (Fsp3) is 0.273. The molecule has 0 radical (unpaired) electrons. The first kappa shape index (κ1) is 12.0. The van der Waals surface area contributed by atoms with Crippen LogP contribution in [0.1, 0.15) is 13.3 Å². The molecule has 0 aromatic carbocycles. The first-order valence-electron chi connectivity index (χ1n) is 5.46. The number of nitrogens with zero attached hydrogens (tertiary/aromatic N) is 3. The van der Waals surface area contributed by atoms with E-state index in [1.807, 2.05) is 6.07 Å². The highest BCUT2D eigenvalue weighted by atomic mass is 16.5. The summed E-state index contributed by atoms with van der Waals surface area (Å²) in [6, 6.07) is 5.36. The molecule has 7 nitrogen and oxygen atoms in total. The standard InChI is InChI=1S/C11H12N4O3/c1-2-18-10(17)7-9(16)12-11-14-13-8-5-3-4-6-15(8)11/h3-6H,2,7H2,1H3,(H,12,14,16). The number of amides is 1. The molecule has 2 rings (SSSR count). The normalized spacial score (nSPS) is 10.3. The maximum atomic E-state index is 11.5. The highest BCUT2D eigenvalue weighted by molar-refractivity contribution is 6.01. The lowest BCUT2D eigenvalue weighted by molar-refractivity contribution is -0.145. The minimum absolute atomic E-state index is 0.250. The Morgan fingerprint density at radius 2 is 2.22 bits per heavy atom. The molecule has 0 aliphatic carbocycles. The number of fused-ring (bicyclic) bond motifs is 1. The third kappa shape index (κ3) is 2.62. The highest BCUT2D eigenvalue weighted by Gasteiger charge is 2.13. The summed E-state index contributed by atoms with van der Waals surface area (Å²) in [7, 11) is 0. The van der Waals surface area contributed by atoms with Crippen LogP contribution in [-0.4, -0.2) is 33.1 Å². The van der Waals surface area contributed by atoms with Gasteiger partial charge in [0.05, 0.1) is 6.61 Å². The van der Waals surface area contributed by atoms with Crippen molar-refractivity contribution in [1.82, 2.24) is 14.6 Å². The Balaban J connectivity index is 2.05. The monoisotopic (exact) mass is 248 g/mol. The average Bonchev–Trinajstić information content (AvgIpc) is 2.73. The zero-order valence-electron chi connectivity index (χ0n) is 9.79. The second-order valence-electron chi connectivity index (χ2n) is 3.48. The summed E-state index contributed by atoms with van der Waals surface area (Å²) in [4.78, 5) is 22.7. The van der Waals surface area contributed by atoms with Crippen molar-refractivity contribution in [3.05, 3.63) is 24.4 Å². The number of esters is 1. The topological polar surface area (TPSA) is 85.6 Å². The fourth-order valence-corrected chi connectivity index (χ4v) is 1.44. The maximum Gasteiger partial charge on any atom is 0.315 e. The fourth-order valence-electron chi connectivity index (χ4n) is 1.44. The molecule has 7 heteroatoms. The number of rotatable bonds is 4. The molecule has 0 bridgehead atoms. The summed E-state index contributed by atoms with van der Waals surface area (Å²) in [6.45, 7) is 1.93. The molecule has 0 spiro atoms. The van der Waals surface area contributed by atoms with Crippen LogP contribution in [0.4, 0.5) is 5.95 Å². The van der Waals surface area contributed by atoms with Gasteiger partial charge in [0.25, 0.3) is 0 Å². The van der Waals surface area contributed by atoms with E-state index in [-0.39, 0.29) is 19.0 Å². The van der Waals surface area contributed by atoms with Crippen LogP contribution in [0.3, 0.4) is 0 Å². The van der Waals surface area contributed by atoms with Crippen LogP contribution < -0.4 is 5.32 Å². The second kappa shape index (κ2) is 5.26. The van der Waals surface area contributed by atoms with Gasteiger partial charge in [-0.15, -0.1) is 10.2 Å². The van der Waals surface area contributed by atoms with Gasteiger partial charge >= 0.3 is 5.97 Å². The van der Waals surface area contributed by atoms with Gasteiger partial charge in [-0.1, -0.05) is 6.07 Å². The van der Waals surface area contributed by atoms with Crippen molar-refractivity contribution >= 4 is 23.5 Å². The third-order valence-electron chi connectivity index (χ3n) is 2.18. The van der Waals surface area contributed by atoms with Gasteiger partial charge in [0.15, 0.2) is 5.65 Å². The van der Waals surface area contributed by atoms with Crippen molar-refractivity contribution in [3.8, 4) is 0 Å². The van der Waals surface area contributed by atoms with Crippen molar-refractivity contribution in [1.29, 1.82) is 0 Å². The molecule has 0 saturated heterocycles. The van der Waals surface area contributed by atoms with Crippen LogP contribution in [0.25, 0.3) is 5.65 Å². The Morgan fingerprint density at radius 3 is 3.00 bits per heavy atom. The quantitative estimate of drug-likeness (QED) is 0.633. The molecule has 18 heavy (non-hydrogen) atoms. The van der Waals surface area contributed by atoms with Crippen molar-refractivity contribution in [2.45, 2.75) is 13.3 Å². The van der Waals surface area contributed by atoms with Crippen molar-refractivity contribution < 1.29 is 14.3 Å². The number of hydrogen-bond acceptors (Lipinski definition) is 5. The zero-order valence-corrected chi connectivity index (χ0v) is 9.79. The van der Waals surface area contributed by atoms with Crippen LogP contribution >= 0.6 is 0 Å². The predicted molar refractivity (Wildman–Crippen MR) is 62.9 cm³/mol. The van der Waals surface area contributed by atoms with Crippen molar-refractivity contribution in [2.75, 3.05) is 11.9 Å². The van der Waals surface area contributed by atoms with Crippen LogP contribution in [0, 0.1) is 0 Å². The number of pyridine rings is 1. The summed E-state index contributed by atoms with van der Waals surface area (Å²) in [5, 5.41) is 10.2. The minimum atomic E-state index is -0.566. The van der Waals surface area contributed by atoms with Crippen molar-refractivity contribution in [3.63, 3.8) is 0 Å². The van der Waals surface area contributed by atoms with E-state index in [1.165, 1.54) is 0 Å². The Bertz CT molecular complexity index is 578. The first-order chi connectivity index (χ1) is 8.70. The van der Waals surface area contributed by atoms with Gasteiger partial charge in [-0.2, -0.15) is 0 Å². The van der Waals surface area contributed by atoms with Gasteiger partial charge in [0, 0.05) is 6.20 Å². The summed E-state index contributed by atoms with van der Waals surface area (Å²) in [5.41, 5.74) is 0.615. The van der Waals surface area contributed by atoms with Gasteiger partial charge in [-0.3, -0.25) is 19.3 Å². The molecular formula is C11H12N4O3. The van der Waals surface area contributed by atoms with E-state index in [1.54, 1.807) is 29.7 Å². The predicted octanol–water partition coefficient (Wildman–Crippen LogP) is 0.621. The van der Waals surface area contributed by atoms with E-state index in [4.69, 9.17) is 0 Å². The summed E-state index contributed by atoms with van der Waals surface area (Å²) in [5.74, 6) is -0.768. The summed E-state index contributed by atoms with van der Waals surface area (Å²) >= 11 is 0. The molecule has 2 aromatic heterocycles. The van der Waals surface area contributed by atoms with Crippen LogP contribution in [-0.2, 0) is 14.3 Å². The molecule has 0 aliphatic rings. The molecule has 2 heterocycles. The van der Waals surface area contributed by atoms with Gasteiger partial charge in [-0.05, 0) is 19.1 Å². The number of aromatic nitrogens is 3. The van der Waals surface area contributed by atoms with Gasteiger partial charge < -0.3 is 4.74 Å². The molecule has 0 fully saturated rings.